The molecule has 4 N–H and O–H groups in total. The summed E-state index contributed by atoms with van der Waals surface area (Å²) in [7, 11) is 0. The number of aromatic nitrogens is 4. The van der Waals surface area contributed by atoms with Crippen LogP contribution in [0.1, 0.15) is 43.7 Å². The van der Waals surface area contributed by atoms with Crippen LogP contribution in [0.15, 0.2) is 91.3 Å². The number of ether oxygens (including phenoxy) is 1. The van der Waals surface area contributed by atoms with Gasteiger partial charge in [0.1, 0.15) is 29.3 Å². The van der Waals surface area contributed by atoms with Gasteiger partial charge in [-0.2, -0.15) is 5.10 Å². The first-order chi connectivity index (χ1) is 20.0. The van der Waals surface area contributed by atoms with E-state index in [2.05, 4.69) is 15.3 Å². The number of aliphatic hydroxyl groups is 1. The molecule has 2 heterocycles. The third kappa shape index (κ3) is 5.90. The van der Waals surface area contributed by atoms with E-state index >= 15 is 0 Å². The van der Waals surface area contributed by atoms with Gasteiger partial charge in [0, 0.05) is 12.1 Å². The summed E-state index contributed by atoms with van der Waals surface area (Å²) >= 11 is 0. The summed E-state index contributed by atoms with van der Waals surface area (Å²) in [6.07, 6.45) is 3.81. The molecule has 208 valence electrons. The maximum atomic E-state index is 12.6. The first-order valence-corrected chi connectivity index (χ1v) is 13.8. The average Bonchev–Trinajstić information content (AvgIpc) is 3.39. The third-order valence-corrected chi connectivity index (χ3v) is 7.68. The summed E-state index contributed by atoms with van der Waals surface area (Å²) in [5.74, 6) is 1.69. The minimum Gasteiger partial charge on any atom is -0.457 e. The second kappa shape index (κ2) is 11.4. The number of nitrogens with zero attached hydrogens (tertiary/aromatic N) is 4. The standard InChI is InChI=1S/C32H32N6O3/c33-30-28-29(23-11-13-26(14-12-23)41-25-9-5-2-6-10-25)37-38(31(28)36-21-35-30)24-15-17-32(40,18-16-24)19-27(39)34-20-22-7-3-1-4-8-22/h1-14,21,24,40H,15-20H2,(H,34,39)(H2,33,35,36). The van der Waals surface area contributed by atoms with E-state index in [0.29, 0.717) is 60.5 Å². The number of benzene rings is 3. The Morgan fingerprint density at radius 1 is 0.951 bits per heavy atom. The quantitative estimate of drug-likeness (QED) is 0.236. The van der Waals surface area contributed by atoms with E-state index in [1.54, 1.807) is 0 Å². The number of para-hydroxylation sites is 1. The van der Waals surface area contributed by atoms with E-state index in [1.807, 2.05) is 89.6 Å². The van der Waals surface area contributed by atoms with Crippen molar-refractivity contribution in [1.29, 1.82) is 0 Å². The van der Waals surface area contributed by atoms with E-state index < -0.39 is 5.60 Å². The largest absolute Gasteiger partial charge is 0.457 e. The van der Waals surface area contributed by atoms with Crippen LogP contribution in [0.25, 0.3) is 22.3 Å². The molecule has 9 heteroatoms. The van der Waals surface area contributed by atoms with Crippen molar-refractivity contribution in [2.24, 2.45) is 0 Å². The van der Waals surface area contributed by atoms with Gasteiger partial charge in [0.25, 0.3) is 0 Å². The molecule has 2 aromatic heterocycles. The molecule has 0 spiro atoms. The maximum absolute atomic E-state index is 12.6. The summed E-state index contributed by atoms with van der Waals surface area (Å²) in [6, 6.07) is 27.1. The van der Waals surface area contributed by atoms with Gasteiger partial charge in [-0.1, -0.05) is 48.5 Å². The summed E-state index contributed by atoms with van der Waals surface area (Å²) in [4.78, 5) is 21.4. The maximum Gasteiger partial charge on any atom is 0.223 e. The molecule has 9 nitrogen and oxygen atoms in total. The molecule has 1 aliphatic rings. The molecule has 0 atom stereocenters. The monoisotopic (exact) mass is 548 g/mol. The van der Waals surface area contributed by atoms with Crippen molar-refractivity contribution in [2.75, 3.05) is 5.73 Å². The summed E-state index contributed by atoms with van der Waals surface area (Å²) < 4.78 is 7.85. The van der Waals surface area contributed by atoms with Crippen molar-refractivity contribution in [3.63, 3.8) is 0 Å². The first kappa shape index (κ1) is 26.5. The van der Waals surface area contributed by atoms with Crippen molar-refractivity contribution in [3.8, 4) is 22.8 Å². The second-order valence-corrected chi connectivity index (χ2v) is 10.6. The van der Waals surface area contributed by atoms with Crippen LogP contribution in [-0.2, 0) is 11.3 Å². The molecule has 0 radical (unpaired) electrons. The van der Waals surface area contributed by atoms with Gasteiger partial charge in [-0.3, -0.25) is 4.79 Å². The fourth-order valence-electron chi connectivity index (χ4n) is 5.48. The minimum absolute atomic E-state index is 0.00823. The highest BCUT2D eigenvalue weighted by Crippen LogP contribution is 2.40. The van der Waals surface area contributed by atoms with Gasteiger partial charge in [0.05, 0.1) is 23.4 Å². The predicted molar refractivity (Wildman–Crippen MR) is 157 cm³/mol. The lowest BCUT2D eigenvalue weighted by molar-refractivity contribution is -0.128. The van der Waals surface area contributed by atoms with Crippen molar-refractivity contribution < 1.29 is 14.6 Å². The first-order valence-electron chi connectivity index (χ1n) is 13.8. The van der Waals surface area contributed by atoms with Crippen LogP contribution in [0, 0.1) is 0 Å². The number of nitrogens with one attached hydrogen (secondary N) is 1. The molecule has 6 rings (SSSR count). The molecule has 0 aliphatic heterocycles. The summed E-state index contributed by atoms with van der Waals surface area (Å²) in [6.45, 7) is 0.445. The molecule has 41 heavy (non-hydrogen) atoms. The topological polar surface area (TPSA) is 128 Å². The van der Waals surface area contributed by atoms with Crippen LogP contribution >= 0.6 is 0 Å². The fraction of sp³-hybridized carbons (Fsp3) is 0.250. The number of amides is 1. The van der Waals surface area contributed by atoms with Crippen molar-refractivity contribution in [1.82, 2.24) is 25.1 Å². The van der Waals surface area contributed by atoms with Crippen LogP contribution in [0.5, 0.6) is 11.5 Å². The number of carbonyl (C=O) groups is 1. The molecule has 0 unspecified atom stereocenters. The zero-order valence-corrected chi connectivity index (χ0v) is 22.6. The highest BCUT2D eigenvalue weighted by atomic mass is 16.5. The Balaban J connectivity index is 1.16. The predicted octanol–water partition coefficient (Wildman–Crippen LogP) is 5.42. The van der Waals surface area contributed by atoms with E-state index in [0.717, 1.165) is 16.9 Å². The number of hydrogen-bond acceptors (Lipinski definition) is 7. The molecule has 0 bridgehead atoms. The van der Waals surface area contributed by atoms with Gasteiger partial charge in [-0.25, -0.2) is 14.6 Å². The number of carbonyl (C=O) groups excluding carboxylic acids is 1. The molecule has 5 aromatic rings. The molecule has 1 amide bonds. The van der Waals surface area contributed by atoms with E-state index in [4.69, 9.17) is 15.6 Å². The number of nitrogens with two attached hydrogens (primary N) is 1. The summed E-state index contributed by atoms with van der Waals surface area (Å²) in [5, 5.41) is 19.8. The second-order valence-electron chi connectivity index (χ2n) is 10.6. The van der Waals surface area contributed by atoms with Gasteiger partial charge in [-0.05, 0) is 67.6 Å². The van der Waals surface area contributed by atoms with Crippen LogP contribution in [-0.4, -0.2) is 36.4 Å². The van der Waals surface area contributed by atoms with Crippen LogP contribution < -0.4 is 15.8 Å². The van der Waals surface area contributed by atoms with Crippen LogP contribution in [0.3, 0.4) is 0 Å². The Hall–Kier alpha value is -4.76. The van der Waals surface area contributed by atoms with Gasteiger partial charge < -0.3 is 20.9 Å². The van der Waals surface area contributed by atoms with E-state index in [9.17, 15) is 9.90 Å². The summed E-state index contributed by atoms with van der Waals surface area (Å²) in [5.41, 5.74) is 8.53. The highest BCUT2D eigenvalue weighted by Gasteiger charge is 2.37. The minimum atomic E-state index is -1.05. The molecule has 1 aliphatic carbocycles. The molecule has 1 fully saturated rings. The van der Waals surface area contributed by atoms with Crippen molar-refractivity contribution >= 4 is 22.8 Å². The fourth-order valence-corrected chi connectivity index (χ4v) is 5.48. The Labute approximate surface area is 238 Å². The third-order valence-electron chi connectivity index (χ3n) is 7.68. The number of anilines is 1. The molecule has 3 aromatic carbocycles. The number of rotatable bonds is 8. The normalized spacial score (nSPS) is 18.7. The van der Waals surface area contributed by atoms with Crippen LogP contribution in [0.2, 0.25) is 0 Å². The van der Waals surface area contributed by atoms with Gasteiger partial charge in [0.2, 0.25) is 5.91 Å². The highest BCUT2D eigenvalue weighted by molar-refractivity contribution is 5.98. The van der Waals surface area contributed by atoms with E-state index in [-0.39, 0.29) is 18.4 Å². The Bertz CT molecular complexity index is 1630. The Kier molecular flexibility index (Phi) is 7.35. The average molecular weight is 549 g/mol. The zero-order valence-electron chi connectivity index (χ0n) is 22.6. The van der Waals surface area contributed by atoms with Gasteiger partial charge in [0.15, 0.2) is 5.65 Å². The van der Waals surface area contributed by atoms with Crippen molar-refractivity contribution in [2.45, 2.75) is 50.3 Å². The Morgan fingerprint density at radius 2 is 1.61 bits per heavy atom. The molecule has 1 saturated carbocycles. The van der Waals surface area contributed by atoms with Crippen molar-refractivity contribution in [3.05, 3.63) is 96.8 Å². The van der Waals surface area contributed by atoms with Crippen LogP contribution in [0.4, 0.5) is 5.82 Å². The number of fused-ring (bicyclic) bond motifs is 1. The zero-order chi connectivity index (χ0) is 28.2. The lowest BCUT2D eigenvalue weighted by Gasteiger charge is -2.35. The molecular formula is C32H32N6O3. The number of hydrogen-bond donors (Lipinski definition) is 3. The van der Waals surface area contributed by atoms with Gasteiger partial charge >= 0.3 is 0 Å². The lowest BCUT2D eigenvalue weighted by atomic mass is 9.80. The SMILES string of the molecule is Nc1ncnc2c1c(-c1ccc(Oc3ccccc3)cc1)nn2C1CCC(O)(CC(=O)NCc2ccccc2)CC1. The van der Waals surface area contributed by atoms with Gasteiger partial charge in [-0.15, -0.1) is 0 Å². The molecule has 0 saturated heterocycles. The van der Waals surface area contributed by atoms with E-state index in [1.165, 1.54) is 6.33 Å². The Morgan fingerprint density at radius 3 is 2.32 bits per heavy atom. The molecular weight excluding hydrogens is 516 g/mol. The number of nitrogen functional groups attached to an aromatic ring is 1. The smallest absolute Gasteiger partial charge is 0.223 e. The lowest BCUT2D eigenvalue weighted by Crippen LogP contribution is -2.40.